The molecular formula is C16H18O2. The molecule has 2 nitrogen and oxygen atoms in total. The number of ether oxygens (including phenoxy) is 1. The van der Waals surface area contributed by atoms with Gasteiger partial charge in [-0.15, -0.1) is 0 Å². The highest BCUT2D eigenvalue weighted by molar-refractivity contribution is 5.91. The lowest BCUT2D eigenvalue weighted by Gasteiger charge is -2.02. The van der Waals surface area contributed by atoms with Crippen molar-refractivity contribution in [2.24, 2.45) is 0 Å². The normalized spacial score (nSPS) is 10.6. The Bertz CT molecular complexity index is 517. The van der Waals surface area contributed by atoms with Crippen LogP contribution in [0.3, 0.4) is 0 Å². The molecule has 0 aromatic carbocycles. The largest absolute Gasteiger partial charge is 0.465 e. The quantitative estimate of drug-likeness (QED) is 0.759. The first kappa shape index (κ1) is 12.6. The van der Waals surface area contributed by atoms with Crippen LogP contribution in [0.2, 0.25) is 0 Å². The summed E-state index contributed by atoms with van der Waals surface area (Å²) in [5.41, 5.74) is 4.26. The van der Waals surface area contributed by atoms with Crippen LogP contribution in [0.15, 0.2) is 36.4 Å². The van der Waals surface area contributed by atoms with Gasteiger partial charge in [-0.05, 0) is 41.7 Å². The van der Waals surface area contributed by atoms with Crippen molar-refractivity contribution in [2.75, 3.05) is 7.11 Å². The topological polar surface area (TPSA) is 26.3 Å². The van der Waals surface area contributed by atoms with Crippen LogP contribution in [-0.2, 0) is 11.2 Å². The summed E-state index contributed by atoms with van der Waals surface area (Å²) in [5.74, 6) is -0.282. The van der Waals surface area contributed by atoms with E-state index in [9.17, 15) is 4.79 Å². The molecule has 0 saturated heterocycles. The molecule has 0 radical (unpaired) electrons. The van der Waals surface area contributed by atoms with Gasteiger partial charge in [-0.3, -0.25) is 0 Å². The maximum Gasteiger partial charge on any atom is 0.337 e. The van der Waals surface area contributed by atoms with Gasteiger partial charge >= 0.3 is 5.97 Å². The average Bonchev–Trinajstić information content (AvgIpc) is 2.64. The van der Waals surface area contributed by atoms with Crippen LogP contribution in [0.25, 0.3) is 11.1 Å². The van der Waals surface area contributed by atoms with E-state index in [1.807, 2.05) is 18.2 Å². The number of esters is 1. The maximum absolute atomic E-state index is 11.6. The Morgan fingerprint density at radius 3 is 2.78 bits per heavy atom. The van der Waals surface area contributed by atoms with Gasteiger partial charge in [0.1, 0.15) is 0 Å². The van der Waals surface area contributed by atoms with Crippen molar-refractivity contribution in [3.05, 3.63) is 47.5 Å². The molecule has 0 unspecified atom stereocenters. The highest BCUT2D eigenvalue weighted by Gasteiger charge is 2.11. The molecule has 0 spiro atoms. The Morgan fingerprint density at radius 2 is 2.06 bits per heavy atom. The van der Waals surface area contributed by atoms with Gasteiger partial charge in [-0.1, -0.05) is 37.6 Å². The number of rotatable bonds is 4. The average molecular weight is 242 g/mol. The fourth-order valence-corrected chi connectivity index (χ4v) is 2.17. The summed E-state index contributed by atoms with van der Waals surface area (Å²) in [6.07, 6.45) is 3.41. The Kier molecular flexibility index (Phi) is 3.98. The first-order chi connectivity index (χ1) is 8.76. The number of carbonyl (C=O) groups is 1. The molecule has 2 heteroatoms. The summed E-state index contributed by atoms with van der Waals surface area (Å²) in [4.78, 5) is 11.6. The molecular weight excluding hydrogens is 224 g/mol. The predicted molar refractivity (Wildman–Crippen MR) is 73.0 cm³/mol. The fourth-order valence-electron chi connectivity index (χ4n) is 2.17. The smallest absolute Gasteiger partial charge is 0.337 e. The molecule has 2 aliphatic carbocycles. The van der Waals surface area contributed by atoms with Crippen molar-refractivity contribution in [3.8, 4) is 11.1 Å². The SMILES string of the molecule is CCCCc1ccc2cccc(C(=O)OC)cc1-2. The van der Waals surface area contributed by atoms with Crippen LogP contribution in [0, 0.1) is 0 Å². The summed E-state index contributed by atoms with van der Waals surface area (Å²) in [7, 11) is 1.41. The van der Waals surface area contributed by atoms with Crippen LogP contribution < -0.4 is 0 Å². The Hall–Kier alpha value is -1.83. The lowest BCUT2D eigenvalue weighted by atomic mass is 10.0. The summed E-state index contributed by atoms with van der Waals surface area (Å²) < 4.78 is 4.79. The summed E-state index contributed by atoms with van der Waals surface area (Å²) in [6.45, 7) is 2.19. The van der Waals surface area contributed by atoms with E-state index in [-0.39, 0.29) is 5.97 Å². The van der Waals surface area contributed by atoms with Crippen molar-refractivity contribution >= 4 is 5.97 Å². The fraction of sp³-hybridized carbons (Fsp3) is 0.312. The van der Waals surface area contributed by atoms with Crippen LogP contribution in [-0.4, -0.2) is 13.1 Å². The standard InChI is InChI=1S/C16H18O2/c1-3-4-6-12-9-10-13-7-5-8-14(11-15(12)13)16(17)18-2/h5,7-11H,3-4,6H2,1-2H3. The third-order valence-electron chi connectivity index (χ3n) is 3.19. The molecule has 0 amide bonds. The number of unbranched alkanes of at least 4 members (excludes halogenated alkanes) is 1. The predicted octanol–water partition coefficient (Wildman–Crippen LogP) is 3.92. The zero-order chi connectivity index (χ0) is 13.0. The zero-order valence-electron chi connectivity index (χ0n) is 10.9. The maximum atomic E-state index is 11.6. The number of hydrogen-bond acceptors (Lipinski definition) is 2. The van der Waals surface area contributed by atoms with E-state index in [2.05, 4.69) is 19.1 Å². The van der Waals surface area contributed by atoms with E-state index >= 15 is 0 Å². The lowest BCUT2D eigenvalue weighted by Crippen LogP contribution is -1.99. The van der Waals surface area contributed by atoms with Gasteiger partial charge in [0.2, 0.25) is 0 Å². The minimum Gasteiger partial charge on any atom is -0.465 e. The first-order valence-electron chi connectivity index (χ1n) is 6.36. The van der Waals surface area contributed by atoms with Crippen LogP contribution in [0.4, 0.5) is 0 Å². The van der Waals surface area contributed by atoms with Gasteiger partial charge in [0.05, 0.1) is 12.7 Å². The van der Waals surface area contributed by atoms with Gasteiger partial charge in [-0.2, -0.15) is 0 Å². The zero-order valence-corrected chi connectivity index (χ0v) is 10.9. The summed E-state index contributed by atoms with van der Waals surface area (Å²) in [5, 5.41) is 0. The molecule has 2 rings (SSSR count). The molecule has 0 bridgehead atoms. The van der Waals surface area contributed by atoms with E-state index in [1.165, 1.54) is 31.1 Å². The molecule has 0 N–H and O–H groups in total. The van der Waals surface area contributed by atoms with Gasteiger partial charge in [0.25, 0.3) is 0 Å². The second-order valence-corrected chi connectivity index (χ2v) is 4.45. The minimum absolute atomic E-state index is 0.282. The highest BCUT2D eigenvalue weighted by Crippen LogP contribution is 2.29. The van der Waals surface area contributed by atoms with Gasteiger partial charge in [0, 0.05) is 0 Å². The number of aryl methyl sites for hydroxylation is 1. The third kappa shape index (κ3) is 2.53. The van der Waals surface area contributed by atoms with Gasteiger partial charge < -0.3 is 4.74 Å². The third-order valence-corrected chi connectivity index (χ3v) is 3.19. The van der Waals surface area contributed by atoms with Crippen LogP contribution in [0.1, 0.15) is 35.7 Å². The molecule has 0 aromatic rings. The van der Waals surface area contributed by atoms with E-state index in [0.29, 0.717) is 5.56 Å². The van der Waals surface area contributed by atoms with Crippen molar-refractivity contribution < 1.29 is 9.53 Å². The molecule has 0 saturated carbocycles. The molecule has 2 aliphatic rings. The van der Waals surface area contributed by atoms with E-state index < -0.39 is 0 Å². The minimum atomic E-state index is -0.282. The van der Waals surface area contributed by atoms with Gasteiger partial charge in [0.15, 0.2) is 0 Å². The van der Waals surface area contributed by atoms with Crippen molar-refractivity contribution in [3.63, 3.8) is 0 Å². The monoisotopic (exact) mass is 242 g/mol. The molecule has 0 heterocycles. The molecule has 0 aliphatic heterocycles. The van der Waals surface area contributed by atoms with Crippen LogP contribution in [0.5, 0.6) is 0 Å². The number of methoxy groups -OCH3 is 1. The highest BCUT2D eigenvalue weighted by atomic mass is 16.5. The summed E-state index contributed by atoms with van der Waals surface area (Å²) in [6, 6.07) is 11.9. The van der Waals surface area contributed by atoms with Gasteiger partial charge in [-0.25, -0.2) is 4.79 Å². The first-order valence-corrected chi connectivity index (χ1v) is 6.36. The molecule has 0 fully saturated rings. The Labute approximate surface area is 108 Å². The molecule has 0 atom stereocenters. The summed E-state index contributed by atoms with van der Waals surface area (Å²) >= 11 is 0. The van der Waals surface area contributed by atoms with E-state index in [1.54, 1.807) is 6.07 Å². The van der Waals surface area contributed by atoms with E-state index in [4.69, 9.17) is 4.74 Å². The molecule has 94 valence electrons. The van der Waals surface area contributed by atoms with Crippen LogP contribution >= 0.6 is 0 Å². The van der Waals surface area contributed by atoms with Crippen molar-refractivity contribution in [1.82, 2.24) is 0 Å². The van der Waals surface area contributed by atoms with Crippen molar-refractivity contribution in [2.45, 2.75) is 26.2 Å². The molecule has 18 heavy (non-hydrogen) atoms. The Morgan fingerprint density at radius 1 is 1.22 bits per heavy atom. The number of hydrogen-bond donors (Lipinski definition) is 0. The second-order valence-electron chi connectivity index (χ2n) is 4.45. The number of fused-ring (bicyclic) bond motifs is 1. The molecule has 0 aromatic heterocycles. The Balaban J connectivity index is 2.43. The number of carbonyl (C=O) groups excluding carboxylic acids is 1. The second kappa shape index (κ2) is 5.67. The van der Waals surface area contributed by atoms with E-state index in [0.717, 1.165) is 12.0 Å². The van der Waals surface area contributed by atoms with Crippen molar-refractivity contribution in [1.29, 1.82) is 0 Å². The lowest BCUT2D eigenvalue weighted by molar-refractivity contribution is 0.0601.